The van der Waals surface area contributed by atoms with Gasteiger partial charge in [0.1, 0.15) is 0 Å². The summed E-state index contributed by atoms with van der Waals surface area (Å²) in [6.07, 6.45) is 5.32. The fourth-order valence-corrected chi connectivity index (χ4v) is 2.51. The van der Waals surface area contributed by atoms with E-state index in [1.54, 1.807) is 0 Å². The summed E-state index contributed by atoms with van der Waals surface area (Å²) in [6, 6.07) is 2.71. The SMILES string of the molecule is CN(C)C(CCN1CCNCC1)c1cc[nH]c1. The Morgan fingerprint density at radius 3 is 2.71 bits per heavy atom. The zero-order chi connectivity index (χ0) is 12.1. The van der Waals surface area contributed by atoms with E-state index in [-0.39, 0.29) is 0 Å². The van der Waals surface area contributed by atoms with E-state index >= 15 is 0 Å². The number of hydrogen-bond donors (Lipinski definition) is 2. The molecule has 17 heavy (non-hydrogen) atoms. The van der Waals surface area contributed by atoms with Crippen LogP contribution in [0.4, 0.5) is 0 Å². The van der Waals surface area contributed by atoms with Crippen LogP contribution in [0.3, 0.4) is 0 Å². The van der Waals surface area contributed by atoms with Crippen LogP contribution in [0, 0.1) is 0 Å². The molecule has 96 valence electrons. The third-order valence-electron chi connectivity index (χ3n) is 3.56. The van der Waals surface area contributed by atoms with Crippen molar-refractivity contribution < 1.29 is 0 Å². The van der Waals surface area contributed by atoms with Gasteiger partial charge in [-0.25, -0.2) is 0 Å². The lowest BCUT2D eigenvalue weighted by molar-refractivity contribution is 0.199. The van der Waals surface area contributed by atoms with Gasteiger partial charge in [-0.1, -0.05) is 0 Å². The van der Waals surface area contributed by atoms with E-state index < -0.39 is 0 Å². The van der Waals surface area contributed by atoms with Crippen LogP contribution < -0.4 is 5.32 Å². The topological polar surface area (TPSA) is 34.3 Å². The van der Waals surface area contributed by atoms with E-state index in [1.807, 2.05) is 6.20 Å². The molecule has 0 amide bonds. The smallest absolute Gasteiger partial charge is 0.0369 e. The summed E-state index contributed by atoms with van der Waals surface area (Å²) in [7, 11) is 4.32. The van der Waals surface area contributed by atoms with Crippen molar-refractivity contribution in [1.82, 2.24) is 20.1 Å². The maximum Gasteiger partial charge on any atom is 0.0369 e. The molecular formula is C13H24N4. The second-order valence-electron chi connectivity index (χ2n) is 5.00. The van der Waals surface area contributed by atoms with Crippen molar-refractivity contribution >= 4 is 0 Å². The maximum atomic E-state index is 3.40. The van der Waals surface area contributed by atoms with Crippen LogP contribution in [-0.4, -0.2) is 61.6 Å². The number of piperazine rings is 1. The molecule has 0 saturated carbocycles. The number of rotatable bonds is 5. The Bertz CT molecular complexity index is 301. The molecule has 1 fully saturated rings. The zero-order valence-corrected chi connectivity index (χ0v) is 10.9. The lowest BCUT2D eigenvalue weighted by Gasteiger charge is -2.30. The lowest BCUT2D eigenvalue weighted by Crippen LogP contribution is -2.44. The van der Waals surface area contributed by atoms with Gasteiger partial charge in [-0.3, -0.25) is 0 Å². The Kier molecular flexibility index (Phi) is 4.59. The van der Waals surface area contributed by atoms with Crippen LogP contribution in [0.2, 0.25) is 0 Å². The van der Waals surface area contributed by atoms with E-state index in [2.05, 4.69) is 46.5 Å². The summed E-state index contributed by atoms with van der Waals surface area (Å²) in [6.45, 7) is 5.84. The van der Waals surface area contributed by atoms with Gasteiger partial charge in [-0.15, -0.1) is 0 Å². The molecule has 1 aliphatic rings. The number of nitrogens with one attached hydrogen (secondary N) is 2. The van der Waals surface area contributed by atoms with Crippen LogP contribution in [0.25, 0.3) is 0 Å². The normalized spacial score (nSPS) is 19.7. The van der Waals surface area contributed by atoms with Gasteiger partial charge in [0.15, 0.2) is 0 Å². The first-order chi connectivity index (χ1) is 8.27. The number of aromatic nitrogens is 1. The summed E-state index contributed by atoms with van der Waals surface area (Å²) in [4.78, 5) is 8.02. The average Bonchev–Trinajstić information content (AvgIpc) is 2.84. The molecule has 2 rings (SSSR count). The second kappa shape index (κ2) is 6.19. The van der Waals surface area contributed by atoms with Gasteiger partial charge < -0.3 is 20.1 Å². The molecule has 2 heterocycles. The number of nitrogens with zero attached hydrogens (tertiary/aromatic N) is 2. The van der Waals surface area contributed by atoms with E-state index in [4.69, 9.17) is 0 Å². The molecule has 0 spiro atoms. The maximum absolute atomic E-state index is 3.40. The highest BCUT2D eigenvalue weighted by Gasteiger charge is 2.17. The summed E-state index contributed by atoms with van der Waals surface area (Å²) in [5.74, 6) is 0. The van der Waals surface area contributed by atoms with Crippen molar-refractivity contribution in [3.05, 3.63) is 24.0 Å². The van der Waals surface area contributed by atoms with E-state index in [1.165, 1.54) is 31.6 Å². The number of H-pyrrole nitrogens is 1. The predicted molar refractivity (Wildman–Crippen MR) is 71.1 cm³/mol. The molecule has 1 aromatic heterocycles. The summed E-state index contributed by atoms with van der Waals surface area (Å²) in [5.41, 5.74) is 1.39. The van der Waals surface area contributed by atoms with Crippen molar-refractivity contribution in [2.75, 3.05) is 46.8 Å². The van der Waals surface area contributed by atoms with Gasteiger partial charge >= 0.3 is 0 Å². The molecule has 4 heteroatoms. The largest absolute Gasteiger partial charge is 0.367 e. The Balaban J connectivity index is 1.85. The molecule has 0 radical (unpaired) electrons. The van der Waals surface area contributed by atoms with Crippen LogP contribution in [0.1, 0.15) is 18.0 Å². The molecule has 1 aliphatic heterocycles. The van der Waals surface area contributed by atoms with E-state index in [9.17, 15) is 0 Å². The highest BCUT2D eigenvalue weighted by molar-refractivity contribution is 5.13. The minimum atomic E-state index is 0.524. The molecule has 1 saturated heterocycles. The first-order valence-electron chi connectivity index (χ1n) is 6.49. The van der Waals surface area contributed by atoms with E-state index in [0.717, 1.165) is 13.1 Å². The fraction of sp³-hybridized carbons (Fsp3) is 0.692. The Morgan fingerprint density at radius 2 is 2.12 bits per heavy atom. The molecule has 1 atom stereocenters. The zero-order valence-electron chi connectivity index (χ0n) is 10.9. The minimum Gasteiger partial charge on any atom is -0.367 e. The predicted octanol–water partition coefficient (Wildman–Crippen LogP) is 0.913. The van der Waals surface area contributed by atoms with Crippen molar-refractivity contribution in [3.63, 3.8) is 0 Å². The molecular weight excluding hydrogens is 212 g/mol. The third-order valence-corrected chi connectivity index (χ3v) is 3.56. The van der Waals surface area contributed by atoms with Crippen LogP contribution in [0.15, 0.2) is 18.5 Å². The van der Waals surface area contributed by atoms with Crippen molar-refractivity contribution in [3.8, 4) is 0 Å². The first kappa shape index (κ1) is 12.6. The van der Waals surface area contributed by atoms with Crippen molar-refractivity contribution in [2.45, 2.75) is 12.5 Å². The number of hydrogen-bond acceptors (Lipinski definition) is 3. The molecule has 0 bridgehead atoms. The average molecular weight is 236 g/mol. The third kappa shape index (κ3) is 3.56. The first-order valence-corrected chi connectivity index (χ1v) is 6.49. The highest BCUT2D eigenvalue weighted by atomic mass is 15.2. The van der Waals surface area contributed by atoms with Crippen LogP contribution >= 0.6 is 0 Å². The minimum absolute atomic E-state index is 0.524. The Labute approximate surface area is 104 Å². The monoisotopic (exact) mass is 236 g/mol. The fourth-order valence-electron chi connectivity index (χ4n) is 2.51. The molecule has 2 N–H and O–H groups in total. The van der Waals surface area contributed by atoms with Gasteiger partial charge in [0.2, 0.25) is 0 Å². The van der Waals surface area contributed by atoms with Gasteiger partial charge in [0.05, 0.1) is 0 Å². The Morgan fingerprint density at radius 1 is 1.35 bits per heavy atom. The molecule has 0 aliphatic carbocycles. The van der Waals surface area contributed by atoms with Gasteiger partial charge in [0, 0.05) is 51.2 Å². The Hall–Kier alpha value is -0.840. The molecule has 1 aromatic rings. The highest BCUT2D eigenvalue weighted by Crippen LogP contribution is 2.21. The van der Waals surface area contributed by atoms with E-state index in [0.29, 0.717) is 6.04 Å². The number of aromatic amines is 1. The van der Waals surface area contributed by atoms with Crippen LogP contribution in [-0.2, 0) is 0 Å². The summed E-state index contributed by atoms with van der Waals surface area (Å²) >= 11 is 0. The second-order valence-corrected chi connectivity index (χ2v) is 5.00. The van der Waals surface area contributed by atoms with Crippen molar-refractivity contribution in [1.29, 1.82) is 0 Å². The molecule has 1 unspecified atom stereocenters. The van der Waals surface area contributed by atoms with Crippen molar-refractivity contribution in [2.24, 2.45) is 0 Å². The standard InChI is InChI=1S/C13H24N4/c1-16(2)13(12-3-5-15-11-12)4-8-17-9-6-14-7-10-17/h3,5,11,13-15H,4,6-10H2,1-2H3. The molecule has 4 nitrogen and oxygen atoms in total. The lowest BCUT2D eigenvalue weighted by atomic mass is 10.1. The van der Waals surface area contributed by atoms with Gasteiger partial charge in [0.25, 0.3) is 0 Å². The van der Waals surface area contributed by atoms with Crippen LogP contribution in [0.5, 0.6) is 0 Å². The van der Waals surface area contributed by atoms with Gasteiger partial charge in [-0.05, 0) is 32.1 Å². The quantitative estimate of drug-likeness (QED) is 0.797. The summed E-state index contributed by atoms with van der Waals surface area (Å²) < 4.78 is 0. The summed E-state index contributed by atoms with van der Waals surface area (Å²) in [5, 5.41) is 3.40. The molecule has 0 aromatic carbocycles. The van der Waals surface area contributed by atoms with Gasteiger partial charge in [-0.2, -0.15) is 0 Å².